The molecule has 0 fully saturated rings. The molecule has 2 unspecified atom stereocenters. The van der Waals surface area contributed by atoms with Crippen LogP contribution in [0.15, 0.2) is 48.5 Å². The van der Waals surface area contributed by atoms with Crippen molar-refractivity contribution in [1.82, 2.24) is 0 Å². The molecule has 0 N–H and O–H groups in total. The van der Waals surface area contributed by atoms with Crippen LogP contribution in [0.1, 0.15) is 86.8 Å². The summed E-state index contributed by atoms with van der Waals surface area (Å²) in [6, 6.07) is 15.7. The molecule has 192 valence electrons. The number of hydrogen-bond donors (Lipinski definition) is 0. The van der Waals surface area contributed by atoms with E-state index < -0.39 is 0 Å². The minimum atomic E-state index is -0.313. The lowest BCUT2D eigenvalue weighted by Gasteiger charge is -2.26. The van der Waals surface area contributed by atoms with Crippen LogP contribution in [0.3, 0.4) is 0 Å². The van der Waals surface area contributed by atoms with Crippen molar-refractivity contribution < 1.29 is 19.1 Å². The van der Waals surface area contributed by atoms with Gasteiger partial charge in [0.1, 0.15) is 11.5 Å². The van der Waals surface area contributed by atoms with Gasteiger partial charge in [-0.05, 0) is 37.8 Å². The number of alkyl halides is 2. The number of hydrogen-bond acceptors (Lipinski definition) is 5. The Labute approximate surface area is 231 Å². The van der Waals surface area contributed by atoms with Crippen molar-refractivity contribution in [2.75, 3.05) is 10.7 Å². The van der Waals surface area contributed by atoms with Gasteiger partial charge in [0.2, 0.25) is 0 Å². The van der Waals surface area contributed by atoms with Crippen molar-refractivity contribution in [3.63, 3.8) is 0 Å². The summed E-state index contributed by atoms with van der Waals surface area (Å²) in [6.07, 6.45) is 8.66. The Kier molecular flexibility index (Phi) is 14.7. The van der Waals surface area contributed by atoms with Crippen molar-refractivity contribution in [1.29, 1.82) is 0 Å². The van der Waals surface area contributed by atoms with E-state index in [0.717, 1.165) is 73.2 Å². The van der Waals surface area contributed by atoms with E-state index >= 15 is 0 Å². The first-order valence-electron chi connectivity index (χ1n) is 12.3. The van der Waals surface area contributed by atoms with Crippen molar-refractivity contribution in [2.45, 2.75) is 75.7 Å². The second-order valence-electron chi connectivity index (χ2n) is 8.45. The molecule has 0 saturated heterocycles. The number of ether oxygens (including phenoxy) is 2. The summed E-state index contributed by atoms with van der Waals surface area (Å²) in [5, 5.41) is 2.29. The fourth-order valence-corrected chi connectivity index (χ4v) is 6.46. The van der Waals surface area contributed by atoms with Crippen molar-refractivity contribution in [3.8, 4) is 11.5 Å². The average molecular weight is 628 g/mol. The molecule has 0 aliphatic heterocycles. The summed E-state index contributed by atoms with van der Waals surface area (Å²) in [6.45, 7) is 2.88. The zero-order chi connectivity index (χ0) is 25.5. The van der Waals surface area contributed by atoms with Crippen LogP contribution >= 0.6 is 43.6 Å². The van der Waals surface area contributed by atoms with Crippen molar-refractivity contribution in [2.24, 2.45) is 0 Å². The molecule has 2 rings (SSSR count). The third-order valence-corrected chi connectivity index (χ3v) is 8.33. The highest BCUT2D eigenvalue weighted by Crippen LogP contribution is 2.49. The molecule has 0 aromatic heterocycles. The molecule has 2 atom stereocenters. The molecule has 0 amide bonds. The first-order valence-corrected chi connectivity index (χ1v) is 15.5. The van der Waals surface area contributed by atoms with Gasteiger partial charge in [-0.3, -0.25) is 9.59 Å². The Morgan fingerprint density at radius 1 is 0.686 bits per heavy atom. The van der Waals surface area contributed by atoms with Crippen LogP contribution in [0.25, 0.3) is 0 Å². The smallest absolute Gasteiger partial charge is 0.308 e. The van der Waals surface area contributed by atoms with Gasteiger partial charge in [-0.2, -0.15) is 0 Å². The Morgan fingerprint density at radius 2 is 1.09 bits per heavy atom. The van der Waals surface area contributed by atoms with Gasteiger partial charge in [-0.25, -0.2) is 0 Å². The number of esters is 2. The van der Waals surface area contributed by atoms with Crippen LogP contribution in [-0.2, 0) is 9.59 Å². The maximum absolute atomic E-state index is 11.8. The summed E-state index contributed by atoms with van der Waals surface area (Å²) in [5.74, 6) is 0.632. The van der Waals surface area contributed by atoms with Gasteiger partial charge in [0.05, 0.1) is 0 Å². The molecule has 0 radical (unpaired) electrons. The molecule has 0 aliphatic rings. The predicted molar refractivity (Wildman–Crippen MR) is 153 cm³/mol. The zero-order valence-corrected chi connectivity index (χ0v) is 24.6. The average Bonchev–Trinajstić information content (AvgIpc) is 2.83. The van der Waals surface area contributed by atoms with Crippen LogP contribution in [0.4, 0.5) is 0 Å². The van der Waals surface area contributed by atoms with E-state index in [4.69, 9.17) is 9.47 Å². The minimum absolute atomic E-state index is 0.146. The highest BCUT2D eigenvalue weighted by Gasteiger charge is 2.25. The molecule has 0 bridgehead atoms. The number of para-hydroxylation sites is 2. The molecule has 2 aromatic carbocycles. The number of thioether (sulfide) groups is 1. The van der Waals surface area contributed by atoms with Crippen LogP contribution in [-0.4, -0.2) is 22.6 Å². The number of rotatable bonds is 16. The second kappa shape index (κ2) is 17.2. The van der Waals surface area contributed by atoms with Crippen molar-refractivity contribution in [3.05, 3.63) is 59.7 Å². The number of carbonyl (C=O) groups is 2. The lowest BCUT2D eigenvalue weighted by molar-refractivity contribution is -0.132. The van der Waals surface area contributed by atoms with Crippen LogP contribution in [0, 0.1) is 0 Å². The summed E-state index contributed by atoms with van der Waals surface area (Å²) in [4.78, 5) is 23.6. The fourth-order valence-electron chi connectivity index (χ4n) is 3.98. The van der Waals surface area contributed by atoms with Gasteiger partial charge in [0, 0.05) is 46.1 Å². The van der Waals surface area contributed by atoms with Crippen LogP contribution in [0.2, 0.25) is 0 Å². The number of benzene rings is 2. The van der Waals surface area contributed by atoms with E-state index in [1.807, 2.05) is 48.2 Å². The van der Waals surface area contributed by atoms with E-state index in [9.17, 15) is 9.59 Å². The molecule has 35 heavy (non-hydrogen) atoms. The van der Waals surface area contributed by atoms with E-state index in [-0.39, 0.29) is 22.4 Å². The Hall–Kier alpha value is -1.31. The third kappa shape index (κ3) is 11.1. The molecule has 0 aliphatic carbocycles. The third-order valence-electron chi connectivity index (χ3n) is 5.57. The SMILES string of the molecule is CC(=O)Oc1ccccc1C(CCCCCBr)SC(CCCCCBr)c1ccccc1OC(C)=O. The molecule has 0 saturated carbocycles. The van der Waals surface area contributed by atoms with E-state index in [0.29, 0.717) is 11.5 Å². The minimum Gasteiger partial charge on any atom is -0.426 e. The Bertz CT molecular complexity index is 848. The van der Waals surface area contributed by atoms with Gasteiger partial charge < -0.3 is 9.47 Å². The molecular weight excluding hydrogens is 592 g/mol. The quantitative estimate of drug-likeness (QED) is 0.0804. The molecule has 7 heteroatoms. The standard InChI is InChI=1S/C28H36Br2O4S/c1-21(31)33-25-15-9-7-13-23(25)27(17-5-3-11-19-29)35-28(18-6-4-12-20-30)24-14-8-10-16-26(24)34-22(2)32/h7-10,13-16,27-28H,3-6,11-12,17-20H2,1-2H3. The number of halogens is 2. The van der Waals surface area contributed by atoms with Gasteiger partial charge in [-0.15, -0.1) is 11.8 Å². The fraction of sp³-hybridized carbons (Fsp3) is 0.500. The van der Waals surface area contributed by atoms with E-state index in [1.165, 1.54) is 13.8 Å². The van der Waals surface area contributed by atoms with Gasteiger partial charge in [0.15, 0.2) is 0 Å². The van der Waals surface area contributed by atoms with Crippen molar-refractivity contribution >= 4 is 55.6 Å². The summed E-state index contributed by atoms with van der Waals surface area (Å²) in [7, 11) is 0. The summed E-state index contributed by atoms with van der Waals surface area (Å²) < 4.78 is 11.2. The van der Waals surface area contributed by atoms with Gasteiger partial charge in [0.25, 0.3) is 0 Å². The largest absolute Gasteiger partial charge is 0.426 e. The first-order chi connectivity index (χ1) is 17.0. The first kappa shape index (κ1) is 29.9. The summed E-state index contributed by atoms with van der Waals surface area (Å²) >= 11 is 8.95. The van der Waals surface area contributed by atoms with Crippen LogP contribution < -0.4 is 9.47 Å². The van der Waals surface area contributed by atoms with Crippen LogP contribution in [0.5, 0.6) is 11.5 Å². The maximum atomic E-state index is 11.8. The van der Waals surface area contributed by atoms with E-state index in [1.54, 1.807) is 0 Å². The lowest BCUT2D eigenvalue weighted by atomic mass is 10.0. The van der Waals surface area contributed by atoms with E-state index in [2.05, 4.69) is 44.0 Å². The Balaban J connectivity index is 2.39. The highest BCUT2D eigenvalue weighted by molar-refractivity contribution is 9.09. The normalized spacial score (nSPS) is 12.7. The highest BCUT2D eigenvalue weighted by atomic mass is 79.9. The monoisotopic (exact) mass is 626 g/mol. The number of unbranched alkanes of at least 4 members (excludes halogenated alkanes) is 4. The summed E-state index contributed by atoms with van der Waals surface area (Å²) in [5.41, 5.74) is 2.09. The molecular formula is C28H36Br2O4S. The molecule has 4 nitrogen and oxygen atoms in total. The topological polar surface area (TPSA) is 52.6 Å². The molecule has 0 heterocycles. The molecule has 0 spiro atoms. The maximum Gasteiger partial charge on any atom is 0.308 e. The number of carbonyl (C=O) groups excluding carboxylic acids is 2. The zero-order valence-electron chi connectivity index (χ0n) is 20.6. The Morgan fingerprint density at radius 3 is 1.46 bits per heavy atom. The predicted octanol–water partition coefficient (Wildman–Crippen LogP) is 8.96. The van der Waals surface area contributed by atoms with Gasteiger partial charge in [-0.1, -0.05) is 93.9 Å². The second-order valence-corrected chi connectivity index (χ2v) is 11.4. The molecule has 2 aromatic rings. The lowest BCUT2D eigenvalue weighted by Crippen LogP contribution is -2.09. The van der Waals surface area contributed by atoms with Gasteiger partial charge >= 0.3 is 11.9 Å².